The number of aryl methyl sites for hydroxylation is 1. The van der Waals surface area contributed by atoms with Crippen LogP contribution in [0.3, 0.4) is 0 Å². The first-order valence-corrected chi connectivity index (χ1v) is 20.6. The number of amides is 2. The van der Waals surface area contributed by atoms with E-state index >= 15 is 0 Å². The van der Waals surface area contributed by atoms with Crippen molar-refractivity contribution in [2.24, 2.45) is 5.92 Å². The second kappa shape index (κ2) is 18.7. The normalized spacial score (nSPS) is 18.6. The standard InChI is InChI=1S/C46H51ClN6O6/c1-3-59-37-19-21-42-34(25-37)26-40(48-22-8-10-24-54)44(56)53(42)36-17-14-32(15-18-36)28-52-43-20-16-35(47)27-39(43)46(58,45(52)57)31(2)11-7-9-23-51-29-41(49-50-51)38(30-55)33-12-5-4-6-13-33/h4-7,11-21,25,27,29,31,38,40,48,54-55,58H,3,8-10,22-24,26,28,30H2,1-2H3/b11-7+/t31-,38?,40?,46+/m1/s1. The maximum atomic E-state index is 14.3. The molecule has 2 aliphatic rings. The van der Waals surface area contributed by atoms with Crippen LogP contribution < -0.4 is 19.9 Å². The van der Waals surface area contributed by atoms with Gasteiger partial charge in [-0.2, -0.15) is 0 Å². The summed E-state index contributed by atoms with van der Waals surface area (Å²) < 4.78 is 7.50. The molecule has 0 saturated carbocycles. The Bertz CT molecular complexity index is 2270. The van der Waals surface area contributed by atoms with Gasteiger partial charge >= 0.3 is 0 Å². The molecule has 2 unspecified atom stereocenters. The fraction of sp³-hybridized carbons (Fsp3) is 0.348. The van der Waals surface area contributed by atoms with E-state index in [0.29, 0.717) is 66.6 Å². The van der Waals surface area contributed by atoms with Gasteiger partial charge in [0.05, 0.1) is 48.8 Å². The number of nitrogens with one attached hydrogen (secondary N) is 1. The monoisotopic (exact) mass is 818 g/mol. The van der Waals surface area contributed by atoms with E-state index < -0.39 is 23.5 Å². The maximum absolute atomic E-state index is 14.3. The number of aliphatic hydroxyl groups is 3. The van der Waals surface area contributed by atoms with Crippen molar-refractivity contribution >= 4 is 40.5 Å². The second-order valence-electron chi connectivity index (χ2n) is 15.1. The minimum atomic E-state index is -1.86. The molecule has 12 nitrogen and oxygen atoms in total. The van der Waals surface area contributed by atoms with Crippen LogP contribution >= 0.6 is 11.6 Å². The molecule has 3 heterocycles. The first kappa shape index (κ1) is 41.8. The lowest BCUT2D eigenvalue weighted by atomic mass is 9.83. The third-order valence-corrected chi connectivity index (χ3v) is 11.4. The Labute approximate surface area is 349 Å². The molecule has 4 N–H and O–H groups in total. The first-order valence-electron chi connectivity index (χ1n) is 20.3. The van der Waals surface area contributed by atoms with Gasteiger partial charge in [0.2, 0.25) is 5.91 Å². The molecule has 0 saturated heterocycles. The Kier molecular flexibility index (Phi) is 13.2. The van der Waals surface area contributed by atoms with Crippen molar-refractivity contribution in [3.63, 3.8) is 0 Å². The van der Waals surface area contributed by atoms with Crippen molar-refractivity contribution < 1.29 is 29.6 Å². The van der Waals surface area contributed by atoms with Gasteiger partial charge < -0.3 is 30.3 Å². The topological polar surface area (TPSA) is 153 Å². The van der Waals surface area contributed by atoms with E-state index in [-0.39, 0.29) is 31.6 Å². The molecule has 308 valence electrons. The van der Waals surface area contributed by atoms with E-state index in [1.165, 1.54) is 0 Å². The third kappa shape index (κ3) is 8.83. The highest BCUT2D eigenvalue weighted by Crippen LogP contribution is 2.47. The van der Waals surface area contributed by atoms with Crippen LogP contribution in [0.25, 0.3) is 0 Å². The summed E-state index contributed by atoms with van der Waals surface area (Å²) in [6, 6.07) is 27.7. The van der Waals surface area contributed by atoms with Crippen molar-refractivity contribution in [3.05, 3.63) is 142 Å². The van der Waals surface area contributed by atoms with Crippen LogP contribution in [-0.2, 0) is 34.7 Å². The van der Waals surface area contributed by atoms with Gasteiger partial charge in [-0.1, -0.05) is 78.4 Å². The Hall–Kier alpha value is -5.37. The number of rotatable bonds is 18. The molecule has 1 aromatic heterocycles. The smallest absolute Gasteiger partial charge is 0.264 e. The summed E-state index contributed by atoms with van der Waals surface area (Å²) in [5.41, 5.74) is 4.09. The van der Waals surface area contributed by atoms with Gasteiger partial charge in [-0.3, -0.25) is 19.2 Å². The Morgan fingerprint density at radius 2 is 1.78 bits per heavy atom. The number of nitrogens with zero attached hydrogens (tertiary/aromatic N) is 5. The van der Waals surface area contributed by atoms with Gasteiger partial charge in [0, 0.05) is 41.5 Å². The molecule has 0 aliphatic carbocycles. The largest absolute Gasteiger partial charge is 0.494 e. The number of anilines is 3. The Morgan fingerprint density at radius 1 is 1.00 bits per heavy atom. The number of benzene rings is 4. The fourth-order valence-corrected chi connectivity index (χ4v) is 8.19. The van der Waals surface area contributed by atoms with E-state index in [1.807, 2.05) is 105 Å². The van der Waals surface area contributed by atoms with Crippen molar-refractivity contribution in [2.45, 2.75) is 70.2 Å². The summed E-state index contributed by atoms with van der Waals surface area (Å²) >= 11 is 6.45. The van der Waals surface area contributed by atoms with Gasteiger partial charge in [0.15, 0.2) is 5.60 Å². The molecule has 0 radical (unpaired) electrons. The number of aliphatic hydroxyl groups excluding tert-OH is 2. The fourth-order valence-electron chi connectivity index (χ4n) is 8.01. The zero-order chi connectivity index (χ0) is 41.5. The number of allylic oxidation sites excluding steroid dienone is 1. The molecule has 0 spiro atoms. The van der Waals surface area contributed by atoms with E-state index in [0.717, 1.165) is 34.5 Å². The average molecular weight is 819 g/mol. The average Bonchev–Trinajstić information content (AvgIpc) is 3.79. The highest BCUT2D eigenvalue weighted by Gasteiger charge is 2.52. The summed E-state index contributed by atoms with van der Waals surface area (Å²) in [5, 5.41) is 43.9. The number of unbranched alkanes of at least 4 members (excludes halogenated alkanes) is 1. The number of carbonyl (C=O) groups excluding carboxylic acids is 2. The number of hydrogen-bond donors (Lipinski definition) is 4. The molecule has 7 rings (SSSR count). The van der Waals surface area contributed by atoms with Crippen molar-refractivity contribution in [3.8, 4) is 5.75 Å². The van der Waals surface area contributed by atoms with Crippen LogP contribution in [0, 0.1) is 5.92 Å². The van der Waals surface area contributed by atoms with Crippen LogP contribution in [0.4, 0.5) is 17.1 Å². The Balaban J connectivity index is 1.06. The summed E-state index contributed by atoms with van der Waals surface area (Å²) in [6.45, 7) is 5.62. The van der Waals surface area contributed by atoms with E-state index in [2.05, 4.69) is 15.6 Å². The van der Waals surface area contributed by atoms with Gasteiger partial charge in [-0.25, -0.2) is 0 Å². The lowest BCUT2D eigenvalue weighted by Gasteiger charge is -2.35. The molecular weight excluding hydrogens is 768 g/mol. The van der Waals surface area contributed by atoms with Crippen LogP contribution in [0.15, 0.2) is 109 Å². The molecule has 0 bridgehead atoms. The number of ether oxygens (including phenoxy) is 1. The zero-order valence-electron chi connectivity index (χ0n) is 33.4. The molecule has 13 heteroatoms. The van der Waals surface area contributed by atoms with E-state index in [4.69, 9.17) is 16.3 Å². The van der Waals surface area contributed by atoms with Gasteiger partial charge in [-0.15, -0.1) is 5.10 Å². The van der Waals surface area contributed by atoms with E-state index in [9.17, 15) is 24.9 Å². The number of hydrogen-bond acceptors (Lipinski definition) is 9. The van der Waals surface area contributed by atoms with Crippen LogP contribution in [-0.4, -0.2) is 74.5 Å². The second-order valence-corrected chi connectivity index (χ2v) is 15.5. The van der Waals surface area contributed by atoms with Gasteiger partial charge in [0.1, 0.15) is 5.75 Å². The highest BCUT2D eigenvalue weighted by atomic mass is 35.5. The summed E-state index contributed by atoms with van der Waals surface area (Å²) in [5.74, 6) is -0.648. The quantitative estimate of drug-likeness (QED) is 0.0580. The predicted molar refractivity (Wildman–Crippen MR) is 228 cm³/mol. The molecule has 5 aromatic rings. The third-order valence-electron chi connectivity index (χ3n) is 11.2. The lowest BCUT2D eigenvalue weighted by Crippen LogP contribution is -2.49. The maximum Gasteiger partial charge on any atom is 0.264 e. The molecular formula is C46H51ClN6O6. The van der Waals surface area contributed by atoms with Crippen molar-refractivity contribution in [1.82, 2.24) is 20.3 Å². The van der Waals surface area contributed by atoms with Gasteiger partial charge in [0.25, 0.3) is 5.91 Å². The highest BCUT2D eigenvalue weighted by molar-refractivity contribution is 6.31. The minimum absolute atomic E-state index is 0.0736. The molecule has 2 aliphatic heterocycles. The number of halogens is 1. The number of aromatic nitrogens is 3. The molecule has 0 fully saturated rings. The molecule has 2 amide bonds. The number of carbonyl (C=O) groups is 2. The predicted octanol–water partition coefficient (Wildman–Crippen LogP) is 6.42. The minimum Gasteiger partial charge on any atom is -0.494 e. The van der Waals surface area contributed by atoms with Crippen LogP contribution in [0.5, 0.6) is 5.75 Å². The van der Waals surface area contributed by atoms with Gasteiger partial charge in [-0.05, 0) is 104 Å². The SMILES string of the molecule is CCOc1ccc2c(c1)CC(NCCCCO)C(=O)N2c1ccc(CN2C(=O)[C@](O)([C@H](C)/C=C/CCn3cc(C(CO)c4ccccc4)nn3)c3cc(Cl)ccc32)cc1. The van der Waals surface area contributed by atoms with Crippen LogP contribution in [0.2, 0.25) is 5.02 Å². The Morgan fingerprint density at radius 3 is 2.53 bits per heavy atom. The number of fused-ring (bicyclic) bond motifs is 2. The van der Waals surface area contributed by atoms with Crippen molar-refractivity contribution in [1.29, 1.82) is 0 Å². The lowest BCUT2D eigenvalue weighted by molar-refractivity contribution is -0.139. The van der Waals surface area contributed by atoms with Crippen molar-refractivity contribution in [2.75, 3.05) is 36.2 Å². The molecule has 4 atom stereocenters. The van der Waals surface area contributed by atoms with E-state index in [1.54, 1.807) is 32.7 Å². The summed E-state index contributed by atoms with van der Waals surface area (Å²) in [4.78, 5) is 31.6. The zero-order valence-corrected chi connectivity index (χ0v) is 34.1. The summed E-state index contributed by atoms with van der Waals surface area (Å²) in [7, 11) is 0. The first-order chi connectivity index (χ1) is 28.7. The molecule has 4 aromatic carbocycles. The molecule has 59 heavy (non-hydrogen) atoms. The van der Waals surface area contributed by atoms with Crippen LogP contribution in [0.1, 0.15) is 67.0 Å². The summed E-state index contributed by atoms with van der Waals surface area (Å²) in [6.07, 6.45) is 8.11.